The van der Waals surface area contributed by atoms with E-state index in [9.17, 15) is 5.11 Å². The Morgan fingerprint density at radius 1 is 1.40 bits per heavy atom. The zero-order valence-corrected chi connectivity index (χ0v) is 8.64. The van der Waals surface area contributed by atoms with Crippen molar-refractivity contribution in [1.29, 1.82) is 0 Å². The zero-order chi connectivity index (χ0) is 10.8. The van der Waals surface area contributed by atoms with Gasteiger partial charge in [-0.05, 0) is 30.0 Å². The number of rotatable bonds is 2. The minimum Gasteiger partial charge on any atom is -0.387 e. The van der Waals surface area contributed by atoms with Crippen molar-refractivity contribution in [2.75, 3.05) is 6.54 Å². The molecule has 3 nitrogen and oxygen atoms in total. The van der Waals surface area contributed by atoms with Gasteiger partial charge in [0.05, 0.1) is 6.10 Å². The third-order valence-electron chi connectivity index (χ3n) is 2.60. The molecular formula is C12H14N2O. The molecule has 3 N–H and O–H groups in total. The normalized spacial score (nSPS) is 13.0. The monoisotopic (exact) mass is 202 g/mol. The van der Waals surface area contributed by atoms with Crippen LogP contribution in [-0.4, -0.2) is 16.6 Å². The maximum Gasteiger partial charge on any atom is 0.0912 e. The summed E-state index contributed by atoms with van der Waals surface area (Å²) in [5.41, 5.74) is 7.24. The lowest BCUT2D eigenvalue weighted by Gasteiger charge is -2.09. The molecule has 0 fully saturated rings. The van der Waals surface area contributed by atoms with Crippen LogP contribution >= 0.6 is 0 Å². The van der Waals surface area contributed by atoms with E-state index >= 15 is 0 Å². The van der Waals surface area contributed by atoms with E-state index in [-0.39, 0.29) is 6.54 Å². The summed E-state index contributed by atoms with van der Waals surface area (Å²) in [4.78, 5) is 4.22. The molecule has 1 atom stereocenters. The molecule has 0 saturated heterocycles. The minimum absolute atomic E-state index is 0.241. The molecule has 0 radical (unpaired) electrons. The molecule has 78 valence electrons. The van der Waals surface area contributed by atoms with Crippen molar-refractivity contribution >= 4 is 10.8 Å². The minimum atomic E-state index is -0.589. The fraction of sp³-hybridized carbons (Fsp3) is 0.250. The van der Waals surface area contributed by atoms with Crippen LogP contribution in [-0.2, 0) is 0 Å². The molecule has 0 aliphatic heterocycles. The van der Waals surface area contributed by atoms with Gasteiger partial charge in [0.2, 0.25) is 0 Å². The van der Waals surface area contributed by atoms with Gasteiger partial charge in [-0.1, -0.05) is 12.1 Å². The van der Waals surface area contributed by atoms with Crippen LogP contribution in [0.15, 0.2) is 30.5 Å². The van der Waals surface area contributed by atoms with E-state index in [2.05, 4.69) is 4.98 Å². The van der Waals surface area contributed by atoms with Gasteiger partial charge in [-0.3, -0.25) is 4.98 Å². The van der Waals surface area contributed by atoms with Crippen LogP contribution in [0.3, 0.4) is 0 Å². The average molecular weight is 202 g/mol. The molecule has 0 spiro atoms. The highest BCUT2D eigenvalue weighted by Crippen LogP contribution is 2.21. The first-order chi connectivity index (χ1) is 7.22. The number of aryl methyl sites for hydroxylation is 1. The number of hydrogen-bond donors (Lipinski definition) is 2. The number of aliphatic hydroxyl groups is 1. The third kappa shape index (κ3) is 1.84. The molecule has 15 heavy (non-hydrogen) atoms. The summed E-state index contributed by atoms with van der Waals surface area (Å²) < 4.78 is 0. The Balaban J connectivity index is 2.59. The lowest BCUT2D eigenvalue weighted by molar-refractivity contribution is 0.187. The SMILES string of the molecule is Cc1nccc2ccc(C(O)CN)cc12. The number of aliphatic hydroxyl groups excluding tert-OH is 1. The van der Waals surface area contributed by atoms with E-state index in [0.717, 1.165) is 22.0 Å². The lowest BCUT2D eigenvalue weighted by Crippen LogP contribution is -2.11. The van der Waals surface area contributed by atoms with Crippen LogP contribution in [0.4, 0.5) is 0 Å². The molecule has 0 aliphatic carbocycles. The Morgan fingerprint density at radius 3 is 2.93 bits per heavy atom. The number of fused-ring (bicyclic) bond motifs is 1. The van der Waals surface area contributed by atoms with Gasteiger partial charge in [-0.25, -0.2) is 0 Å². The Kier molecular flexibility index (Phi) is 2.66. The van der Waals surface area contributed by atoms with Gasteiger partial charge in [0.15, 0.2) is 0 Å². The van der Waals surface area contributed by atoms with Crippen molar-refractivity contribution in [2.24, 2.45) is 5.73 Å². The van der Waals surface area contributed by atoms with Crippen LogP contribution in [0.25, 0.3) is 10.8 Å². The smallest absolute Gasteiger partial charge is 0.0912 e. The van der Waals surface area contributed by atoms with Gasteiger partial charge in [-0.15, -0.1) is 0 Å². The lowest BCUT2D eigenvalue weighted by atomic mass is 10.0. The molecule has 3 heteroatoms. The van der Waals surface area contributed by atoms with Crippen molar-refractivity contribution in [1.82, 2.24) is 4.98 Å². The maximum atomic E-state index is 9.63. The molecule has 0 amide bonds. The first-order valence-corrected chi connectivity index (χ1v) is 4.96. The van der Waals surface area contributed by atoms with E-state index in [0.29, 0.717) is 0 Å². The molecule has 0 aliphatic rings. The third-order valence-corrected chi connectivity index (χ3v) is 2.60. The van der Waals surface area contributed by atoms with Crippen LogP contribution < -0.4 is 5.73 Å². The summed E-state index contributed by atoms with van der Waals surface area (Å²) in [5.74, 6) is 0. The number of aromatic nitrogens is 1. The first-order valence-electron chi connectivity index (χ1n) is 4.96. The van der Waals surface area contributed by atoms with E-state index in [4.69, 9.17) is 5.73 Å². The fourth-order valence-electron chi connectivity index (χ4n) is 1.67. The van der Waals surface area contributed by atoms with Crippen LogP contribution in [0.2, 0.25) is 0 Å². The summed E-state index contributed by atoms with van der Waals surface area (Å²) in [7, 11) is 0. The van der Waals surface area contributed by atoms with Gasteiger partial charge in [0.25, 0.3) is 0 Å². The second-order valence-corrected chi connectivity index (χ2v) is 3.63. The van der Waals surface area contributed by atoms with Crippen LogP contribution in [0.1, 0.15) is 17.4 Å². The van der Waals surface area contributed by atoms with Crippen molar-refractivity contribution < 1.29 is 5.11 Å². The quantitative estimate of drug-likeness (QED) is 0.776. The molecule has 1 unspecified atom stereocenters. The number of benzene rings is 1. The summed E-state index contributed by atoms with van der Waals surface area (Å²) in [6.07, 6.45) is 1.20. The summed E-state index contributed by atoms with van der Waals surface area (Å²) in [5, 5.41) is 11.8. The van der Waals surface area contributed by atoms with Gasteiger partial charge >= 0.3 is 0 Å². The van der Waals surface area contributed by atoms with E-state index in [1.807, 2.05) is 31.2 Å². The molecule has 0 bridgehead atoms. The van der Waals surface area contributed by atoms with Crippen LogP contribution in [0, 0.1) is 6.92 Å². The number of hydrogen-bond acceptors (Lipinski definition) is 3. The number of pyridine rings is 1. The topological polar surface area (TPSA) is 59.1 Å². The van der Waals surface area contributed by atoms with Crippen molar-refractivity contribution in [3.8, 4) is 0 Å². The number of nitrogens with zero attached hydrogens (tertiary/aromatic N) is 1. The van der Waals surface area contributed by atoms with Crippen molar-refractivity contribution in [2.45, 2.75) is 13.0 Å². The highest BCUT2D eigenvalue weighted by molar-refractivity contribution is 5.84. The molecule has 2 rings (SSSR count). The largest absolute Gasteiger partial charge is 0.387 e. The van der Waals surface area contributed by atoms with E-state index < -0.39 is 6.10 Å². The molecule has 1 aromatic heterocycles. The van der Waals surface area contributed by atoms with E-state index in [1.54, 1.807) is 6.20 Å². The highest BCUT2D eigenvalue weighted by Gasteiger charge is 2.06. The zero-order valence-electron chi connectivity index (χ0n) is 8.64. The van der Waals surface area contributed by atoms with Crippen molar-refractivity contribution in [3.63, 3.8) is 0 Å². The Hall–Kier alpha value is -1.45. The second kappa shape index (κ2) is 3.96. The summed E-state index contributed by atoms with van der Waals surface area (Å²) in [6, 6.07) is 7.80. The molecule has 1 aromatic carbocycles. The fourth-order valence-corrected chi connectivity index (χ4v) is 1.67. The van der Waals surface area contributed by atoms with E-state index in [1.165, 1.54) is 0 Å². The van der Waals surface area contributed by atoms with Gasteiger partial charge in [0.1, 0.15) is 0 Å². The summed E-state index contributed by atoms with van der Waals surface area (Å²) in [6.45, 7) is 2.20. The molecule has 0 saturated carbocycles. The molecule has 2 aromatic rings. The maximum absolute atomic E-state index is 9.63. The first kappa shape index (κ1) is 10.1. The molecule has 1 heterocycles. The Labute approximate surface area is 88.6 Å². The predicted octanol–water partition coefficient (Wildman–Crippen LogP) is 1.54. The second-order valence-electron chi connectivity index (χ2n) is 3.63. The standard InChI is InChI=1S/C12H14N2O/c1-8-11-6-10(12(15)7-13)3-2-9(11)4-5-14-8/h2-6,12,15H,7,13H2,1H3. The average Bonchev–Trinajstić information content (AvgIpc) is 2.28. The Morgan fingerprint density at radius 2 is 2.20 bits per heavy atom. The number of nitrogens with two attached hydrogens (primary N) is 1. The molecular weight excluding hydrogens is 188 g/mol. The van der Waals surface area contributed by atoms with Gasteiger partial charge < -0.3 is 10.8 Å². The van der Waals surface area contributed by atoms with Crippen molar-refractivity contribution in [3.05, 3.63) is 41.7 Å². The van der Waals surface area contributed by atoms with Gasteiger partial charge in [-0.2, -0.15) is 0 Å². The van der Waals surface area contributed by atoms with Crippen LogP contribution in [0.5, 0.6) is 0 Å². The summed E-state index contributed by atoms with van der Waals surface area (Å²) >= 11 is 0. The predicted molar refractivity (Wildman–Crippen MR) is 60.5 cm³/mol. The van der Waals surface area contributed by atoms with Gasteiger partial charge in [0, 0.05) is 23.8 Å². The highest BCUT2D eigenvalue weighted by atomic mass is 16.3. The Bertz CT molecular complexity index is 482.